The largest absolute Gasteiger partial charge is 0.147 e. The molecule has 0 radical (unpaired) electrons. The Morgan fingerprint density at radius 2 is 1.70 bits per heavy atom. The molecule has 20 heavy (non-hydrogen) atoms. The van der Waals surface area contributed by atoms with E-state index in [0.717, 1.165) is 0 Å². The van der Waals surface area contributed by atoms with Crippen LogP contribution in [0.1, 0.15) is 48.0 Å². The molecule has 0 heterocycles. The molecule has 2 rings (SSSR count). The molecule has 0 aromatic heterocycles. The smallest absolute Gasteiger partial charge is 0.147 e. The van der Waals surface area contributed by atoms with Crippen LogP contribution in [0.15, 0.2) is 41.5 Å². The van der Waals surface area contributed by atoms with Crippen LogP contribution in [0.25, 0.3) is 0 Å². The monoisotopic (exact) mass is 390 g/mol. The van der Waals surface area contributed by atoms with E-state index in [4.69, 9.17) is 0 Å². The fraction of sp³-hybridized carbons (Fsp3) is 0.471. The summed E-state index contributed by atoms with van der Waals surface area (Å²) in [6.45, 7) is 14.1. The van der Waals surface area contributed by atoms with Gasteiger partial charge in [0.2, 0.25) is 0 Å². The maximum atomic E-state index is 2.41. The van der Waals surface area contributed by atoms with Crippen molar-refractivity contribution in [3.63, 3.8) is 0 Å². The van der Waals surface area contributed by atoms with Gasteiger partial charge >= 0.3 is 120 Å². The first-order valence-electron chi connectivity index (χ1n) is 6.87. The van der Waals surface area contributed by atoms with Crippen LogP contribution in [0.4, 0.5) is 0 Å². The van der Waals surface area contributed by atoms with Crippen LogP contribution < -0.4 is 0 Å². The third-order valence-corrected chi connectivity index (χ3v) is 12.8. The predicted molar refractivity (Wildman–Crippen MR) is 92.9 cm³/mol. The summed E-state index contributed by atoms with van der Waals surface area (Å²) in [7, 11) is 0. The van der Waals surface area contributed by atoms with Gasteiger partial charge in [-0.3, -0.25) is 0 Å². The van der Waals surface area contributed by atoms with Crippen molar-refractivity contribution >= 4 is 28.0 Å². The average molecular weight is 393 g/mol. The molecule has 0 saturated heterocycles. The molecule has 2 aliphatic rings. The van der Waals surface area contributed by atoms with E-state index in [9.17, 15) is 0 Å². The van der Waals surface area contributed by atoms with Crippen LogP contribution in [-0.4, -0.2) is 3.21 Å². The molecule has 1 atom stereocenters. The molecule has 1 unspecified atom stereocenters. The normalized spacial score (nSPS) is 20.7. The third-order valence-electron chi connectivity index (χ3n) is 4.50. The minimum absolute atomic E-state index is 0. The fourth-order valence-electron chi connectivity index (χ4n) is 3.16. The Balaban J connectivity index is 0.00000180. The Kier molecular flexibility index (Phi) is 8.18. The average Bonchev–Trinajstić information content (AvgIpc) is 2.89. The van der Waals surface area contributed by atoms with Crippen LogP contribution in [0.5, 0.6) is 0 Å². The Hall–Kier alpha value is 0.293. The molecule has 0 aliphatic heterocycles. The molecule has 0 aromatic rings. The van der Waals surface area contributed by atoms with Crippen LogP contribution in [-0.2, 0) is 21.3 Å². The van der Waals surface area contributed by atoms with Crippen molar-refractivity contribution < 1.29 is 21.3 Å². The predicted octanol–water partition coefficient (Wildman–Crippen LogP) is 5.76. The Labute approximate surface area is 144 Å². The third kappa shape index (κ3) is 3.54. The summed E-state index contributed by atoms with van der Waals surface area (Å²) in [5, 5.41) is 0. The van der Waals surface area contributed by atoms with E-state index in [-0.39, 0.29) is 24.8 Å². The van der Waals surface area contributed by atoms with E-state index in [0.29, 0.717) is 5.92 Å². The summed E-state index contributed by atoms with van der Waals surface area (Å²) in [6, 6.07) is 0. The first kappa shape index (κ1) is 20.3. The van der Waals surface area contributed by atoms with Gasteiger partial charge in [-0.05, 0) is 0 Å². The van der Waals surface area contributed by atoms with Gasteiger partial charge in [0.05, 0.1) is 0 Å². The molecule has 0 amide bonds. The Morgan fingerprint density at radius 3 is 2.05 bits per heavy atom. The zero-order valence-electron chi connectivity index (χ0n) is 13.3. The van der Waals surface area contributed by atoms with Crippen molar-refractivity contribution in [1.82, 2.24) is 0 Å². The molecule has 0 N–H and O–H groups in total. The topological polar surface area (TPSA) is 0 Å². The number of halogens is 2. The van der Waals surface area contributed by atoms with Gasteiger partial charge in [0.25, 0.3) is 0 Å². The van der Waals surface area contributed by atoms with Crippen LogP contribution >= 0.6 is 24.8 Å². The first-order chi connectivity index (χ1) is 8.45. The van der Waals surface area contributed by atoms with E-state index in [1.165, 1.54) is 6.42 Å². The molecule has 0 spiro atoms. The zero-order chi connectivity index (χ0) is 13.4. The summed E-state index contributed by atoms with van der Waals surface area (Å²) in [6.07, 6.45) is 8.18. The van der Waals surface area contributed by atoms with Crippen molar-refractivity contribution in [2.24, 2.45) is 5.92 Å². The van der Waals surface area contributed by atoms with Gasteiger partial charge in [-0.15, -0.1) is 24.8 Å². The maximum Gasteiger partial charge on any atom is -0.147 e. The molecule has 2 aliphatic carbocycles. The van der Waals surface area contributed by atoms with Crippen molar-refractivity contribution in [2.75, 3.05) is 0 Å². The molecule has 0 aromatic carbocycles. The van der Waals surface area contributed by atoms with E-state index >= 15 is 0 Å². The Morgan fingerprint density at radius 1 is 1.10 bits per heavy atom. The van der Waals surface area contributed by atoms with Gasteiger partial charge < -0.3 is 0 Å². The number of rotatable bonds is 2. The Bertz CT molecular complexity index is 541. The second-order valence-corrected chi connectivity index (χ2v) is 13.0. The van der Waals surface area contributed by atoms with E-state index < -0.39 is 21.3 Å². The van der Waals surface area contributed by atoms with Gasteiger partial charge in [0.1, 0.15) is 0 Å². The summed E-state index contributed by atoms with van der Waals surface area (Å²) in [5.41, 5.74) is 4.78. The minimum atomic E-state index is -1.72. The number of hydrogen-bond acceptors (Lipinski definition) is 0. The van der Waals surface area contributed by atoms with Gasteiger partial charge in [0, 0.05) is 0 Å². The van der Waals surface area contributed by atoms with E-state index in [2.05, 4.69) is 59.8 Å². The summed E-state index contributed by atoms with van der Waals surface area (Å²) in [4.78, 5) is 0. The molecule has 0 bridgehead atoms. The van der Waals surface area contributed by atoms with Crippen LogP contribution in [0.2, 0.25) is 0 Å². The summed E-state index contributed by atoms with van der Waals surface area (Å²) < 4.78 is 5.32. The SMILES string of the molecule is CC1=C(C)C(C)[C]([Zr]([C]2=CC=CC2)=[C](C)C)=C1C.Cl.Cl. The zero-order valence-corrected chi connectivity index (χ0v) is 17.4. The molecule has 0 saturated carbocycles. The molecule has 0 fully saturated rings. The number of allylic oxidation sites excluding steroid dienone is 8. The molecule has 0 nitrogen and oxygen atoms in total. The van der Waals surface area contributed by atoms with Crippen molar-refractivity contribution in [3.05, 3.63) is 41.5 Å². The van der Waals surface area contributed by atoms with Crippen LogP contribution in [0, 0.1) is 5.92 Å². The van der Waals surface area contributed by atoms with Crippen molar-refractivity contribution in [1.29, 1.82) is 0 Å². The van der Waals surface area contributed by atoms with Gasteiger partial charge in [-0.1, -0.05) is 0 Å². The maximum absolute atomic E-state index is 2.41. The minimum Gasteiger partial charge on any atom is -0.147 e. The molecular formula is C17H26Cl2Zr. The second kappa shape index (κ2) is 8.07. The van der Waals surface area contributed by atoms with E-state index in [1.54, 1.807) is 23.2 Å². The van der Waals surface area contributed by atoms with E-state index in [1.807, 2.05) is 3.28 Å². The standard InChI is InChI=1S/C9H13.C5H5.C3H6.2ClH.Zr/c1-6-5-7(2)9(4)8(6)3;1-2-4-5-3-1;1-3-2;;;/h6H,1-4H3;1-3H,4H2;1-2H3;2*1H;. The summed E-state index contributed by atoms with van der Waals surface area (Å²) >= 11 is -1.72. The number of hydrogen-bond donors (Lipinski definition) is 0. The van der Waals surface area contributed by atoms with Crippen LogP contribution in [0.3, 0.4) is 0 Å². The fourth-order valence-corrected chi connectivity index (χ4v) is 11.3. The van der Waals surface area contributed by atoms with Gasteiger partial charge in [-0.2, -0.15) is 0 Å². The van der Waals surface area contributed by atoms with Crippen molar-refractivity contribution in [2.45, 2.75) is 48.0 Å². The quantitative estimate of drug-likeness (QED) is 0.560. The molecule has 112 valence electrons. The van der Waals surface area contributed by atoms with Gasteiger partial charge in [-0.25, -0.2) is 0 Å². The second-order valence-electron chi connectivity index (χ2n) is 5.77. The first-order valence-corrected chi connectivity index (χ1v) is 10.6. The molecule has 3 heteroatoms. The van der Waals surface area contributed by atoms with Gasteiger partial charge in [0.15, 0.2) is 0 Å². The molecular weight excluding hydrogens is 366 g/mol. The van der Waals surface area contributed by atoms with Crippen molar-refractivity contribution in [3.8, 4) is 0 Å². The summed E-state index contributed by atoms with van der Waals surface area (Å²) in [5.74, 6) is 0.691.